The fourth-order valence-electron chi connectivity index (χ4n) is 8.16. The monoisotopic (exact) mass is 646 g/mol. The number of rotatable bonds is 8. The second-order valence-electron chi connectivity index (χ2n) is 12.8. The molecule has 7 heteroatoms. The predicted octanol–water partition coefficient (Wildman–Crippen LogP) is 9.34. The Hall–Kier alpha value is -4.91. The Bertz CT molecular complexity index is 1650. The van der Waals surface area contributed by atoms with Crippen LogP contribution in [-0.2, 0) is 20.3 Å². The van der Waals surface area contributed by atoms with Gasteiger partial charge in [-0.25, -0.2) is 14.4 Å². The Kier molecular flexibility index (Phi) is 9.95. The average Bonchev–Trinajstić information content (AvgIpc) is 3.15. The number of ether oxygens (including phenoxy) is 4. The summed E-state index contributed by atoms with van der Waals surface area (Å²) >= 11 is 0. The molecule has 2 aliphatic carbocycles. The van der Waals surface area contributed by atoms with Gasteiger partial charge in [0.05, 0.1) is 25.3 Å². The lowest BCUT2D eigenvalue weighted by atomic mass is 9.64. The summed E-state index contributed by atoms with van der Waals surface area (Å²) in [5, 5.41) is 0. The van der Waals surface area contributed by atoms with Crippen LogP contribution in [0.2, 0.25) is 0 Å². The molecule has 48 heavy (non-hydrogen) atoms. The van der Waals surface area contributed by atoms with Gasteiger partial charge < -0.3 is 18.9 Å². The molecule has 0 heterocycles. The van der Waals surface area contributed by atoms with Crippen LogP contribution in [0.5, 0.6) is 11.5 Å². The Labute approximate surface area is 282 Å². The molecule has 0 bridgehead atoms. The summed E-state index contributed by atoms with van der Waals surface area (Å²) in [6.07, 6.45) is 8.37. The Morgan fingerprint density at radius 2 is 0.792 bits per heavy atom. The highest BCUT2D eigenvalue weighted by Gasteiger charge is 2.42. The number of carbonyl (C=O) groups excluding carboxylic acids is 3. The lowest BCUT2D eigenvalue weighted by molar-refractivity contribution is 0.0588. The van der Waals surface area contributed by atoms with E-state index in [1.165, 1.54) is 14.2 Å². The van der Waals surface area contributed by atoms with Gasteiger partial charge in [-0.1, -0.05) is 111 Å². The second-order valence-corrected chi connectivity index (χ2v) is 12.8. The zero-order valence-electron chi connectivity index (χ0n) is 27.7. The van der Waals surface area contributed by atoms with Crippen molar-refractivity contribution < 1.29 is 33.3 Å². The molecule has 4 aromatic rings. The van der Waals surface area contributed by atoms with Crippen molar-refractivity contribution in [1.82, 2.24) is 0 Å². The van der Waals surface area contributed by atoms with E-state index in [9.17, 15) is 14.4 Å². The Morgan fingerprint density at radius 1 is 0.458 bits per heavy atom. The van der Waals surface area contributed by atoms with E-state index in [1.54, 1.807) is 24.3 Å². The van der Waals surface area contributed by atoms with Gasteiger partial charge in [-0.15, -0.1) is 0 Å². The quantitative estimate of drug-likeness (QED) is 0.139. The van der Waals surface area contributed by atoms with Gasteiger partial charge in [0.2, 0.25) is 0 Å². The van der Waals surface area contributed by atoms with E-state index in [4.69, 9.17) is 18.9 Å². The molecule has 2 aliphatic rings. The summed E-state index contributed by atoms with van der Waals surface area (Å²) < 4.78 is 22.5. The van der Waals surface area contributed by atoms with Gasteiger partial charge >= 0.3 is 18.1 Å². The number of hydrogen-bond donors (Lipinski definition) is 0. The molecular formula is C41H42O7. The number of esters is 2. The number of carbonyl (C=O) groups is 3. The lowest BCUT2D eigenvalue weighted by Crippen LogP contribution is -2.34. The molecule has 0 amide bonds. The van der Waals surface area contributed by atoms with Crippen LogP contribution in [0.3, 0.4) is 0 Å². The second kappa shape index (κ2) is 14.5. The van der Waals surface area contributed by atoms with Crippen LogP contribution in [0, 0.1) is 0 Å². The lowest BCUT2D eigenvalue weighted by Gasteiger charge is -2.40. The summed E-state index contributed by atoms with van der Waals surface area (Å²) in [5.74, 6) is 0.000641. The van der Waals surface area contributed by atoms with Crippen molar-refractivity contribution in [3.63, 3.8) is 0 Å². The van der Waals surface area contributed by atoms with Gasteiger partial charge in [-0.3, -0.25) is 0 Å². The first-order valence-electron chi connectivity index (χ1n) is 16.9. The highest BCUT2D eigenvalue weighted by molar-refractivity contribution is 5.92. The van der Waals surface area contributed by atoms with Crippen LogP contribution < -0.4 is 9.47 Å². The molecule has 6 rings (SSSR count). The first-order valence-corrected chi connectivity index (χ1v) is 16.9. The molecule has 0 spiro atoms. The smallest absolute Gasteiger partial charge is 0.465 e. The average molecular weight is 647 g/mol. The minimum atomic E-state index is -0.852. The molecule has 2 fully saturated rings. The van der Waals surface area contributed by atoms with Crippen molar-refractivity contribution in [1.29, 1.82) is 0 Å². The van der Waals surface area contributed by atoms with Crippen molar-refractivity contribution in [3.8, 4) is 11.5 Å². The van der Waals surface area contributed by atoms with Gasteiger partial charge in [0.15, 0.2) is 0 Å². The van der Waals surface area contributed by atoms with Crippen molar-refractivity contribution >= 4 is 18.1 Å². The summed E-state index contributed by atoms with van der Waals surface area (Å²) in [7, 11) is 2.78. The van der Waals surface area contributed by atoms with Crippen molar-refractivity contribution in [2.45, 2.75) is 75.0 Å². The maximum absolute atomic E-state index is 13.8. The summed E-state index contributed by atoms with van der Waals surface area (Å²) in [6.45, 7) is 0. The zero-order chi connectivity index (χ0) is 33.6. The fourth-order valence-corrected chi connectivity index (χ4v) is 8.16. The van der Waals surface area contributed by atoms with Crippen LogP contribution in [0.15, 0.2) is 97.1 Å². The Balaban J connectivity index is 1.37. The van der Waals surface area contributed by atoms with Gasteiger partial charge in [0.25, 0.3) is 0 Å². The van der Waals surface area contributed by atoms with Gasteiger partial charge in [-0.05, 0) is 61.1 Å². The van der Waals surface area contributed by atoms with E-state index in [0.717, 1.165) is 86.5 Å². The van der Waals surface area contributed by atoms with Crippen molar-refractivity contribution in [2.75, 3.05) is 14.2 Å². The number of hydrogen-bond acceptors (Lipinski definition) is 7. The first kappa shape index (κ1) is 33.0. The number of methoxy groups -OCH3 is 2. The normalized spacial score (nSPS) is 16.7. The van der Waals surface area contributed by atoms with Crippen LogP contribution in [-0.4, -0.2) is 32.3 Å². The van der Waals surface area contributed by atoms with E-state index in [1.807, 2.05) is 72.8 Å². The van der Waals surface area contributed by atoms with Gasteiger partial charge in [0.1, 0.15) is 11.5 Å². The van der Waals surface area contributed by atoms with Crippen LogP contribution in [0.1, 0.15) is 107 Å². The highest BCUT2D eigenvalue weighted by atomic mass is 16.7. The molecule has 7 nitrogen and oxygen atoms in total. The van der Waals surface area contributed by atoms with Gasteiger partial charge in [-0.2, -0.15) is 0 Å². The molecular weight excluding hydrogens is 604 g/mol. The molecule has 248 valence electrons. The van der Waals surface area contributed by atoms with Crippen molar-refractivity contribution in [3.05, 3.63) is 130 Å². The molecule has 4 aromatic carbocycles. The molecule has 0 aliphatic heterocycles. The largest absolute Gasteiger partial charge is 0.519 e. The number of para-hydroxylation sites is 2. The molecule has 0 unspecified atom stereocenters. The maximum Gasteiger partial charge on any atom is 0.519 e. The minimum absolute atomic E-state index is 0.393. The predicted molar refractivity (Wildman–Crippen MR) is 183 cm³/mol. The topological polar surface area (TPSA) is 88.1 Å². The van der Waals surface area contributed by atoms with E-state index in [-0.39, 0.29) is 0 Å². The maximum atomic E-state index is 13.8. The zero-order valence-corrected chi connectivity index (χ0v) is 27.7. The molecule has 0 saturated heterocycles. The Morgan fingerprint density at radius 3 is 1.17 bits per heavy atom. The molecule has 0 N–H and O–H groups in total. The molecule has 0 atom stereocenters. The third-order valence-corrected chi connectivity index (χ3v) is 10.3. The number of benzene rings is 4. The van der Waals surface area contributed by atoms with Crippen molar-refractivity contribution in [2.24, 2.45) is 0 Å². The van der Waals surface area contributed by atoms with E-state index in [2.05, 4.69) is 0 Å². The fraction of sp³-hybridized carbons (Fsp3) is 0.341. The molecule has 2 saturated carbocycles. The summed E-state index contributed by atoms with van der Waals surface area (Å²) in [6, 6.07) is 30.2. The van der Waals surface area contributed by atoms with Crippen LogP contribution in [0.25, 0.3) is 0 Å². The third kappa shape index (κ3) is 6.21. The SMILES string of the molecule is COC(=O)c1ccccc1C1(c2ccccc2OC(=O)Oc2ccccc2C2(c3ccccc3C(=O)OC)CCCCC2)CCCCC1. The minimum Gasteiger partial charge on any atom is -0.465 e. The van der Waals surface area contributed by atoms with Crippen LogP contribution in [0.4, 0.5) is 4.79 Å². The first-order chi connectivity index (χ1) is 23.4. The van der Waals surface area contributed by atoms with E-state index < -0.39 is 28.9 Å². The standard InChI is InChI=1S/C41H42O7/c1-45-37(42)29-17-5-7-19-31(29)40(25-13-3-14-26-40)33-21-9-11-23-35(33)47-39(44)48-36-24-12-10-22-34(36)41(27-15-4-16-28-41)32-20-8-6-18-30(32)38(43)46-2/h5-12,17-24H,3-4,13-16,25-28H2,1-2H3. The molecule has 0 radical (unpaired) electrons. The van der Waals surface area contributed by atoms with Gasteiger partial charge in [0, 0.05) is 22.0 Å². The van der Waals surface area contributed by atoms with Crippen LogP contribution >= 0.6 is 0 Å². The summed E-state index contributed by atoms with van der Waals surface area (Å²) in [4.78, 5) is 39.6. The third-order valence-electron chi connectivity index (χ3n) is 10.3. The van der Waals surface area contributed by atoms with E-state index in [0.29, 0.717) is 22.6 Å². The highest BCUT2D eigenvalue weighted by Crippen LogP contribution is 2.51. The summed E-state index contributed by atoms with van der Waals surface area (Å²) in [5.41, 5.74) is 3.33. The molecule has 0 aromatic heterocycles. The van der Waals surface area contributed by atoms with E-state index >= 15 is 0 Å².